The van der Waals surface area contributed by atoms with E-state index in [1.807, 2.05) is 35.2 Å². The summed E-state index contributed by atoms with van der Waals surface area (Å²) in [5.74, 6) is 0. The van der Waals surface area contributed by atoms with Crippen LogP contribution in [0.1, 0.15) is 6.42 Å². The van der Waals surface area contributed by atoms with Gasteiger partial charge in [-0.1, -0.05) is 18.2 Å². The van der Waals surface area contributed by atoms with Crippen molar-refractivity contribution >= 4 is 5.69 Å². The highest BCUT2D eigenvalue weighted by Crippen LogP contribution is 2.13. The smallest absolute Gasteiger partial charge is 0.107 e. The number of hydrogen-bond donors (Lipinski definition) is 0. The maximum atomic E-state index is 12.2. The lowest BCUT2D eigenvalue weighted by atomic mass is 10.2. The van der Waals surface area contributed by atoms with Gasteiger partial charge in [0.2, 0.25) is 0 Å². The van der Waals surface area contributed by atoms with Crippen LogP contribution in [0.4, 0.5) is 14.5 Å². The Morgan fingerprint density at radius 3 is 2.21 bits per heavy atom. The normalized spacial score (nSPS) is 10.1. The minimum absolute atomic E-state index is 0.337. The number of nitrogens with zero attached hydrogens (tertiary/aromatic N) is 1. The summed E-state index contributed by atoms with van der Waals surface area (Å²) in [7, 11) is 0. The van der Waals surface area contributed by atoms with Crippen molar-refractivity contribution < 1.29 is 8.78 Å². The van der Waals surface area contributed by atoms with Gasteiger partial charge < -0.3 is 4.90 Å². The molecule has 0 aliphatic carbocycles. The summed E-state index contributed by atoms with van der Waals surface area (Å²) >= 11 is 0. The lowest BCUT2D eigenvalue weighted by Gasteiger charge is -2.22. The van der Waals surface area contributed by atoms with Crippen molar-refractivity contribution in [1.29, 1.82) is 0 Å². The summed E-state index contributed by atoms with van der Waals surface area (Å²) < 4.78 is 24.2. The Bertz CT molecular complexity index is 238. The van der Waals surface area contributed by atoms with E-state index in [-0.39, 0.29) is 6.67 Å². The van der Waals surface area contributed by atoms with Crippen LogP contribution in [0.5, 0.6) is 0 Å². The Labute approximate surface area is 83.3 Å². The molecule has 0 spiro atoms. The van der Waals surface area contributed by atoms with Gasteiger partial charge >= 0.3 is 0 Å². The summed E-state index contributed by atoms with van der Waals surface area (Å²) in [4.78, 5) is 1.86. The van der Waals surface area contributed by atoms with Gasteiger partial charge in [0, 0.05) is 18.8 Å². The van der Waals surface area contributed by atoms with Gasteiger partial charge in [0.1, 0.15) is 6.67 Å². The Kier molecular flexibility index (Phi) is 4.97. The van der Waals surface area contributed by atoms with Crippen LogP contribution in [0.2, 0.25) is 0 Å². The lowest BCUT2D eigenvalue weighted by molar-refractivity contribution is 0.455. The quantitative estimate of drug-likeness (QED) is 0.681. The number of para-hydroxylation sites is 1. The fraction of sp³-hybridized carbons (Fsp3) is 0.455. The molecule has 0 fully saturated rings. The van der Waals surface area contributed by atoms with Gasteiger partial charge in [-0.15, -0.1) is 0 Å². The summed E-state index contributed by atoms with van der Waals surface area (Å²) in [6.45, 7) is 0.158. The van der Waals surface area contributed by atoms with Crippen molar-refractivity contribution in [1.82, 2.24) is 0 Å². The molecule has 3 heteroatoms. The van der Waals surface area contributed by atoms with Crippen LogP contribution in [0.3, 0.4) is 0 Å². The number of anilines is 1. The largest absolute Gasteiger partial charge is 0.369 e. The van der Waals surface area contributed by atoms with Crippen molar-refractivity contribution in [2.75, 3.05) is 31.3 Å². The molecular weight excluding hydrogens is 184 g/mol. The predicted molar refractivity (Wildman–Crippen MR) is 55.2 cm³/mol. The van der Waals surface area contributed by atoms with Gasteiger partial charge in [0.25, 0.3) is 0 Å². The Hall–Kier alpha value is -1.12. The zero-order valence-electron chi connectivity index (χ0n) is 8.13. The number of alkyl halides is 2. The van der Waals surface area contributed by atoms with Gasteiger partial charge in [0.05, 0.1) is 6.67 Å². The Balaban J connectivity index is 2.58. The minimum atomic E-state index is -0.402. The zero-order chi connectivity index (χ0) is 10.2. The molecule has 0 unspecified atom stereocenters. The molecule has 0 radical (unpaired) electrons. The molecule has 14 heavy (non-hydrogen) atoms. The molecule has 1 aromatic rings. The number of halogens is 2. The molecule has 1 rings (SSSR count). The first kappa shape index (κ1) is 11.0. The Morgan fingerprint density at radius 2 is 1.64 bits per heavy atom. The van der Waals surface area contributed by atoms with E-state index in [1.165, 1.54) is 0 Å². The SMILES string of the molecule is FCCCN(CCF)c1ccccc1. The van der Waals surface area contributed by atoms with Crippen LogP contribution >= 0.6 is 0 Å². The fourth-order valence-electron chi connectivity index (χ4n) is 1.36. The molecule has 0 aliphatic heterocycles. The average molecular weight is 199 g/mol. The number of benzene rings is 1. The number of hydrogen-bond acceptors (Lipinski definition) is 1. The molecule has 0 aromatic heterocycles. The molecule has 0 atom stereocenters. The zero-order valence-corrected chi connectivity index (χ0v) is 8.13. The van der Waals surface area contributed by atoms with Crippen molar-refractivity contribution in [3.05, 3.63) is 30.3 Å². The maximum absolute atomic E-state index is 12.2. The van der Waals surface area contributed by atoms with Gasteiger partial charge in [-0.25, -0.2) is 4.39 Å². The monoisotopic (exact) mass is 199 g/mol. The van der Waals surface area contributed by atoms with Crippen molar-refractivity contribution in [2.45, 2.75) is 6.42 Å². The van der Waals surface area contributed by atoms with E-state index >= 15 is 0 Å². The molecule has 0 aliphatic rings. The van der Waals surface area contributed by atoms with Crippen LogP contribution in [0.25, 0.3) is 0 Å². The second-order valence-electron chi connectivity index (χ2n) is 3.05. The molecule has 0 N–H and O–H groups in total. The first-order valence-electron chi connectivity index (χ1n) is 4.80. The van der Waals surface area contributed by atoms with Crippen LogP contribution in [-0.2, 0) is 0 Å². The van der Waals surface area contributed by atoms with Crippen LogP contribution in [0, 0.1) is 0 Å². The standard InChI is InChI=1S/C11H15F2N/c12-7-4-9-14(10-8-13)11-5-2-1-3-6-11/h1-3,5-6H,4,7-10H2. The second-order valence-corrected chi connectivity index (χ2v) is 3.05. The highest BCUT2D eigenvalue weighted by atomic mass is 19.1. The van der Waals surface area contributed by atoms with Gasteiger partial charge in [-0.2, -0.15) is 0 Å². The molecule has 0 heterocycles. The Morgan fingerprint density at radius 1 is 0.929 bits per heavy atom. The molecule has 0 saturated carbocycles. The highest BCUT2D eigenvalue weighted by Gasteiger charge is 2.04. The van der Waals surface area contributed by atoms with Crippen LogP contribution in [0.15, 0.2) is 30.3 Å². The topological polar surface area (TPSA) is 3.24 Å². The molecule has 0 bridgehead atoms. The molecule has 1 nitrogen and oxygen atoms in total. The van der Waals surface area contributed by atoms with Gasteiger partial charge in [-0.05, 0) is 18.6 Å². The van der Waals surface area contributed by atoms with E-state index in [0.717, 1.165) is 5.69 Å². The maximum Gasteiger partial charge on any atom is 0.107 e. The molecular formula is C11H15F2N. The molecule has 0 saturated heterocycles. The van der Waals surface area contributed by atoms with Gasteiger partial charge in [-0.3, -0.25) is 4.39 Å². The summed E-state index contributed by atoms with van der Waals surface area (Å²) in [5, 5.41) is 0. The highest BCUT2D eigenvalue weighted by molar-refractivity contribution is 5.45. The third-order valence-corrected chi connectivity index (χ3v) is 2.04. The average Bonchev–Trinajstić information content (AvgIpc) is 2.25. The van der Waals surface area contributed by atoms with E-state index < -0.39 is 6.67 Å². The second kappa shape index (κ2) is 6.35. The summed E-state index contributed by atoms with van der Waals surface area (Å²) in [6.07, 6.45) is 0.453. The van der Waals surface area contributed by atoms with E-state index in [0.29, 0.717) is 19.5 Å². The minimum Gasteiger partial charge on any atom is -0.369 e. The first-order chi connectivity index (χ1) is 6.88. The van der Waals surface area contributed by atoms with E-state index in [2.05, 4.69) is 0 Å². The first-order valence-corrected chi connectivity index (χ1v) is 4.80. The van der Waals surface area contributed by atoms with Gasteiger partial charge in [0.15, 0.2) is 0 Å². The molecule has 1 aromatic carbocycles. The van der Waals surface area contributed by atoms with E-state index in [1.54, 1.807) is 0 Å². The van der Waals surface area contributed by atoms with E-state index in [4.69, 9.17) is 0 Å². The third-order valence-electron chi connectivity index (χ3n) is 2.04. The fourth-order valence-corrected chi connectivity index (χ4v) is 1.36. The van der Waals surface area contributed by atoms with Crippen LogP contribution < -0.4 is 4.90 Å². The third kappa shape index (κ3) is 3.32. The predicted octanol–water partition coefficient (Wildman–Crippen LogP) is 2.82. The summed E-state index contributed by atoms with van der Waals surface area (Å²) in [6, 6.07) is 9.53. The summed E-state index contributed by atoms with van der Waals surface area (Å²) in [5.41, 5.74) is 0.957. The van der Waals surface area contributed by atoms with Crippen LogP contribution in [-0.4, -0.2) is 26.4 Å². The molecule has 78 valence electrons. The van der Waals surface area contributed by atoms with Crippen molar-refractivity contribution in [3.8, 4) is 0 Å². The number of rotatable bonds is 6. The van der Waals surface area contributed by atoms with Crippen molar-refractivity contribution in [2.24, 2.45) is 0 Å². The lowest BCUT2D eigenvalue weighted by Crippen LogP contribution is -2.27. The van der Waals surface area contributed by atoms with Crippen molar-refractivity contribution in [3.63, 3.8) is 0 Å². The molecule has 0 amide bonds. The van der Waals surface area contributed by atoms with E-state index in [9.17, 15) is 8.78 Å².